The summed E-state index contributed by atoms with van der Waals surface area (Å²) < 4.78 is 15.3. The Balaban J connectivity index is 1.93. The molecule has 5 heteroatoms. The maximum Gasteiger partial charge on any atom is 0.128 e. The lowest BCUT2D eigenvalue weighted by Gasteiger charge is -2.31. The van der Waals surface area contributed by atoms with E-state index in [1.165, 1.54) is 12.1 Å². The van der Waals surface area contributed by atoms with E-state index in [0.29, 0.717) is 5.88 Å². The number of alkyl halides is 1. The highest BCUT2D eigenvalue weighted by atomic mass is 35.5. The van der Waals surface area contributed by atoms with Crippen molar-refractivity contribution in [1.29, 1.82) is 0 Å². The summed E-state index contributed by atoms with van der Waals surface area (Å²) in [4.78, 5) is 6.51. The summed E-state index contributed by atoms with van der Waals surface area (Å²) >= 11 is 5.89. The van der Waals surface area contributed by atoms with Gasteiger partial charge in [-0.1, -0.05) is 0 Å². The molecule has 0 N–H and O–H groups in total. The van der Waals surface area contributed by atoms with Crippen LogP contribution in [0.1, 0.15) is 11.4 Å². The number of aromatic nitrogens is 2. The lowest BCUT2D eigenvalue weighted by Crippen LogP contribution is -2.34. The van der Waals surface area contributed by atoms with Crippen molar-refractivity contribution in [2.75, 3.05) is 11.4 Å². The zero-order valence-corrected chi connectivity index (χ0v) is 10.6. The standard InChI is InChI=1S/C13H13ClFN3/c14-8-10-7-11(15)1-2-12(10)18-6-5-17-4-3-16-13(17)9-18/h1-4,7H,5-6,8-9H2. The summed E-state index contributed by atoms with van der Waals surface area (Å²) in [6.45, 7) is 2.52. The first kappa shape index (κ1) is 11.5. The molecule has 1 aliphatic rings. The fraction of sp³-hybridized carbons (Fsp3) is 0.308. The first-order valence-corrected chi connectivity index (χ1v) is 6.41. The molecule has 0 amide bonds. The van der Waals surface area contributed by atoms with Crippen molar-refractivity contribution in [2.24, 2.45) is 0 Å². The van der Waals surface area contributed by atoms with E-state index in [0.717, 1.165) is 36.7 Å². The monoisotopic (exact) mass is 265 g/mol. The van der Waals surface area contributed by atoms with E-state index in [1.54, 1.807) is 6.07 Å². The summed E-state index contributed by atoms with van der Waals surface area (Å²) in [5, 5.41) is 0. The van der Waals surface area contributed by atoms with Gasteiger partial charge in [-0.05, 0) is 23.8 Å². The third-order valence-electron chi connectivity index (χ3n) is 3.27. The van der Waals surface area contributed by atoms with E-state index in [-0.39, 0.29) is 5.82 Å². The van der Waals surface area contributed by atoms with E-state index in [2.05, 4.69) is 14.5 Å². The second-order valence-corrected chi connectivity index (χ2v) is 4.63. The van der Waals surface area contributed by atoms with Crippen LogP contribution in [0.4, 0.5) is 10.1 Å². The Morgan fingerprint density at radius 1 is 1.33 bits per heavy atom. The Labute approximate surface area is 110 Å². The van der Waals surface area contributed by atoms with Gasteiger partial charge in [0, 0.05) is 37.1 Å². The van der Waals surface area contributed by atoms with Crippen molar-refractivity contribution < 1.29 is 4.39 Å². The smallest absolute Gasteiger partial charge is 0.128 e. The van der Waals surface area contributed by atoms with Crippen LogP contribution >= 0.6 is 11.6 Å². The average Bonchev–Trinajstić information content (AvgIpc) is 2.85. The second kappa shape index (κ2) is 4.61. The molecule has 0 fully saturated rings. The SMILES string of the molecule is Fc1ccc(N2CCn3ccnc3C2)c(CCl)c1. The predicted octanol–water partition coefficient (Wildman–Crippen LogP) is 2.78. The van der Waals surface area contributed by atoms with Crippen LogP contribution in [0.25, 0.3) is 0 Å². The highest BCUT2D eigenvalue weighted by molar-refractivity contribution is 6.17. The third kappa shape index (κ3) is 1.97. The maximum atomic E-state index is 13.2. The van der Waals surface area contributed by atoms with Crippen molar-refractivity contribution in [2.45, 2.75) is 19.0 Å². The molecule has 94 valence electrons. The Kier molecular flexibility index (Phi) is 2.96. The van der Waals surface area contributed by atoms with Crippen LogP contribution in [0.5, 0.6) is 0 Å². The first-order chi connectivity index (χ1) is 8.78. The molecule has 18 heavy (non-hydrogen) atoms. The topological polar surface area (TPSA) is 21.1 Å². The largest absolute Gasteiger partial charge is 0.362 e. The van der Waals surface area contributed by atoms with Gasteiger partial charge in [-0.15, -0.1) is 11.6 Å². The number of imidazole rings is 1. The summed E-state index contributed by atoms with van der Waals surface area (Å²) in [5.41, 5.74) is 1.83. The lowest BCUT2D eigenvalue weighted by atomic mass is 10.1. The van der Waals surface area contributed by atoms with Crippen molar-refractivity contribution in [3.63, 3.8) is 0 Å². The Morgan fingerprint density at radius 2 is 2.22 bits per heavy atom. The van der Waals surface area contributed by atoms with Crippen molar-refractivity contribution in [3.05, 3.63) is 47.8 Å². The van der Waals surface area contributed by atoms with Gasteiger partial charge in [-0.3, -0.25) is 0 Å². The highest BCUT2D eigenvalue weighted by Gasteiger charge is 2.19. The number of hydrogen-bond donors (Lipinski definition) is 0. The van der Waals surface area contributed by atoms with Gasteiger partial charge in [0.05, 0.1) is 6.54 Å². The van der Waals surface area contributed by atoms with Gasteiger partial charge in [-0.2, -0.15) is 0 Å². The minimum absolute atomic E-state index is 0.243. The van der Waals surface area contributed by atoms with E-state index in [4.69, 9.17) is 11.6 Å². The molecule has 2 heterocycles. The predicted molar refractivity (Wildman–Crippen MR) is 69.2 cm³/mol. The van der Waals surface area contributed by atoms with E-state index in [9.17, 15) is 4.39 Å². The maximum absolute atomic E-state index is 13.2. The van der Waals surface area contributed by atoms with Crippen LogP contribution in [0.15, 0.2) is 30.6 Å². The Hall–Kier alpha value is -1.55. The molecule has 1 aromatic heterocycles. The summed E-state index contributed by atoms with van der Waals surface area (Å²) in [6.07, 6.45) is 3.80. The van der Waals surface area contributed by atoms with Gasteiger partial charge >= 0.3 is 0 Å². The fourth-order valence-electron chi connectivity index (χ4n) is 2.35. The zero-order valence-electron chi connectivity index (χ0n) is 9.81. The molecular weight excluding hydrogens is 253 g/mol. The number of fused-ring (bicyclic) bond motifs is 1. The van der Waals surface area contributed by atoms with Gasteiger partial charge in [0.2, 0.25) is 0 Å². The number of anilines is 1. The van der Waals surface area contributed by atoms with Gasteiger partial charge < -0.3 is 9.47 Å². The van der Waals surface area contributed by atoms with Crippen LogP contribution in [-0.4, -0.2) is 16.1 Å². The fourth-order valence-corrected chi connectivity index (χ4v) is 2.56. The van der Waals surface area contributed by atoms with Gasteiger partial charge in [0.1, 0.15) is 11.6 Å². The molecule has 0 unspecified atom stereocenters. The molecule has 0 atom stereocenters. The van der Waals surface area contributed by atoms with Crippen LogP contribution in [0.2, 0.25) is 0 Å². The van der Waals surface area contributed by atoms with Crippen LogP contribution in [0.3, 0.4) is 0 Å². The molecule has 0 bridgehead atoms. The Bertz CT molecular complexity index is 567. The Morgan fingerprint density at radius 3 is 3.06 bits per heavy atom. The lowest BCUT2D eigenvalue weighted by molar-refractivity contribution is 0.558. The number of hydrogen-bond acceptors (Lipinski definition) is 2. The summed E-state index contributed by atoms with van der Waals surface area (Å²) in [5.74, 6) is 1.11. The normalized spacial score (nSPS) is 14.7. The van der Waals surface area contributed by atoms with Crippen molar-refractivity contribution in [3.8, 4) is 0 Å². The zero-order chi connectivity index (χ0) is 12.5. The number of halogens is 2. The van der Waals surface area contributed by atoms with Gasteiger partial charge in [0.15, 0.2) is 0 Å². The molecule has 0 radical (unpaired) electrons. The van der Waals surface area contributed by atoms with Crippen LogP contribution in [-0.2, 0) is 19.0 Å². The number of rotatable bonds is 2. The van der Waals surface area contributed by atoms with Crippen molar-refractivity contribution >= 4 is 17.3 Å². The van der Waals surface area contributed by atoms with E-state index < -0.39 is 0 Å². The molecule has 0 aliphatic carbocycles. The summed E-state index contributed by atoms with van der Waals surface area (Å²) in [6, 6.07) is 4.78. The number of nitrogens with zero attached hydrogens (tertiary/aromatic N) is 3. The summed E-state index contributed by atoms with van der Waals surface area (Å²) in [7, 11) is 0. The minimum Gasteiger partial charge on any atom is -0.362 e. The molecule has 0 saturated carbocycles. The molecule has 2 aromatic rings. The van der Waals surface area contributed by atoms with Crippen LogP contribution < -0.4 is 4.90 Å². The quantitative estimate of drug-likeness (QED) is 0.779. The first-order valence-electron chi connectivity index (χ1n) is 5.87. The van der Waals surface area contributed by atoms with E-state index >= 15 is 0 Å². The molecular formula is C13H13ClFN3. The van der Waals surface area contributed by atoms with Gasteiger partial charge in [0.25, 0.3) is 0 Å². The minimum atomic E-state index is -0.243. The van der Waals surface area contributed by atoms with Crippen molar-refractivity contribution in [1.82, 2.24) is 9.55 Å². The molecule has 0 spiro atoms. The second-order valence-electron chi connectivity index (χ2n) is 4.37. The van der Waals surface area contributed by atoms with Crippen LogP contribution in [0, 0.1) is 5.82 Å². The highest BCUT2D eigenvalue weighted by Crippen LogP contribution is 2.26. The molecule has 1 aliphatic heterocycles. The molecule has 3 nitrogen and oxygen atoms in total. The third-order valence-corrected chi connectivity index (χ3v) is 3.56. The average molecular weight is 266 g/mol. The van der Waals surface area contributed by atoms with Gasteiger partial charge in [-0.25, -0.2) is 9.37 Å². The molecule has 1 aromatic carbocycles. The number of benzene rings is 1. The molecule has 0 saturated heterocycles. The van der Waals surface area contributed by atoms with E-state index in [1.807, 2.05) is 12.4 Å². The molecule has 3 rings (SSSR count).